The molecule has 0 atom stereocenters. The zero-order valence-electron chi connectivity index (χ0n) is 7.35. The summed E-state index contributed by atoms with van der Waals surface area (Å²) in [5, 5.41) is -0.172. The average Bonchev–Trinajstić information content (AvgIpc) is 2.02. The number of rotatable bonds is 2. The summed E-state index contributed by atoms with van der Waals surface area (Å²) in [5.41, 5.74) is 5.36. The summed E-state index contributed by atoms with van der Waals surface area (Å²) >= 11 is 4.60. The summed E-state index contributed by atoms with van der Waals surface area (Å²) in [5.74, 6) is 0.0255. The number of carbonyl (C=O) groups excluding carboxylic acids is 1. The van der Waals surface area contributed by atoms with E-state index in [1.807, 2.05) is 0 Å². The van der Waals surface area contributed by atoms with Crippen LogP contribution in [0.2, 0.25) is 0 Å². The number of nitrogens with zero attached hydrogens (tertiary/aromatic N) is 2. The summed E-state index contributed by atoms with van der Waals surface area (Å²) in [6.07, 6.45) is 0.389. The third-order valence-corrected chi connectivity index (χ3v) is 1.62. The number of anilines is 1. The minimum Gasteiger partial charge on any atom is -0.375 e. The number of hydrogen-bond donors (Lipinski definition) is 2. The predicted octanol–water partition coefficient (Wildman–Crippen LogP) is -0.715. The van der Waals surface area contributed by atoms with E-state index >= 15 is 0 Å². The monoisotopic (exact) mass is 212 g/mol. The maximum atomic E-state index is 11.0. The second-order valence-electron chi connectivity index (χ2n) is 2.52. The highest BCUT2D eigenvalue weighted by molar-refractivity contribution is 7.80. The standard InChI is InChI=1S/C7H8N4O2S/c1-4-2-5(13)10-7(9-4)11(3-12)6(8)14/h2-3H,1H3,(H2,8,14)(H,9,10,13). The summed E-state index contributed by atoms with van der Waals surface area (Å²) in [4.78, 5) is 28.7. The van der Waals surface area contributed by atoms with E-state index in [0.717, 1.165) is 4.90 Å². The van der Waals surface area contributed by atoms with Crippen molar-refractivity contribution < 1.29 is 4.79 Å². The Hall–Kier alpha value is -1.76. The highest BCUT2D eigenvalue weighted by Crippen LogP contribution is 2.01. The van der Waals surface area contributed by atoms with Gasteiger partial charge in [-0.25, -0.2) is 9.88 Å². The molecule has 7 heteroatoms. The molecule has 0 radical (unpaired) electrons. The van der Waals surface area contributed by atoms with Crippen LogP contribution in [0.3, 0.4) is 0 Å². The zero-order chi connectivity index (χ0) is 10.7. The van der Waals surface area contributed by atoms with Gasteiger partial charge in [0.05, 0.1) is 0 Å². The fourth-order valence-corrected chi connectivity index (χ4v) is 1.01. The molecule has 14 heavy (non-hydrogen) atoms. The molecule has 0 aliphatic heterocycles. The highest BCUT2D eigenvalue weighted by Gasteiger charge is 2.10. The van der Waals surface area contributed by atoms with Crippen LogP contribution in [0.15, 0.2) is 10.9 Å². The molecular formula is C7H8N4O2S. The Morgan fingerprint density at radius 3 is 2.86 bits per heavy atom. The average molecular weight is 212 g/mol. The summed E-state index contributed by atoms with van der Waals surface area (Å²) in [6.45, 7) is 1.63. The van der Waals surface area contributed by atoms with E-state index in [2.05, 4.69) is 22.2 Å². The number of aromatic amines is 1. The van der Waals surface area contributed by atoms with E-state index in [1.54, 1.807) is 6.92 Å². The predicted molar refractivity (Wildman–Crippen MR) is 54.9 cm³/mol. The van der Waals surface area contributed by atoms with Crippen LogP contribution >= 0.6 is 12.2 Å². The Balaban J connectivity index is 3.23. The van der Waals surface area contributed by atoms with Crippen molar-refractivity contribution in [2.75, 3.05) is 4.90 Å². The van der Waals surface area contributed by atoms with E-state index in [4.69, 9.17) is 5.73 Å². The van der Waals surface area contributed by atoms with Crippen molar-refractivity contribution in [3.8, 4) is 0 Å². The molecule has 0 bridgehead atoms. The number of carbonyl (C=O) groups is 1. The second kappa shape index (κ2) is 3.97. The molecule has 6 nitrogen and oxygen atoms in total. The Morgan fingerprint density at radius 2 is 2.43 bits per heavy atom. The van der Waals surface area contributed by atoms with Crippen LogP contribution in [-0.2, 0) is 4.79 Å². The van der Waals surface area contributed by atoms with Crippen molar-refractivity contribution in [2.45, 2.75) is 6.92 Å². The molecule has 0 aliphatic rings. The Morgan fingerprint density at radius 1 is 1.79 bits per heavy atom. The van der Waals surface area contributed by atoms with Gasteiger partial charge in [0, 0.05) is 11.8 Å². The smallest absolute Gasteiger partial charge is 0.252 e. The van der Waals surface area contributed by atoms with Gasteiger partial charge in [-0.1, -0.05) is 0 Å². The molecule has 0 aliphatic carbocycles. The topological polar surface area (TPSA) is 92.1 Å². The number of aryl methyl sites for hydroxylation is 1. The van der Waals surface area contributed by atoms with Gasteiger partial charge >= 0.3 is 0 Å². The molecule has 0 saturated carbocycles. The van der Waals surface area contributed by atoms with Gasteiger partial charge in [-0.2, -0.15) is 0 Å². The largest absolute Gasteiger partial charge is 0.375 e. The van der Waals surface area contributed by atoms with Crippen molar-refractivity contribution in [3.05, 3.63) is 22.1 Å². The molecule has 74 valence electrons. The van der Waals surface area contributed by atoms with E-state index in [0.29, 0.717) is 12.1 Å². The number of hydrogen-bond acceptors (Lipinski definition) is 4. The second-order valence-corrected chi connectivity index (χ2v) is 2.94. The van der Waals surface area contributed by atoms with Crippen LogP contribution in [-0.4, -0.2) is 21.5 Å². The van der Waals surface area contributed by atoms with Gasteiger partial charge in [0.15, 0.2) is 5.11 Å². The van der Waals surface area contributed by atoms with E-state index in [-0.39, 0.29) is 16.6 Å². The minimum atomic E-state index is -0.365. The van der Waals surface area contributed by atoms with Crippen molar-refractivity contribution in [1.82, 2.24) is 9.97 Å². The van der Waals surface area contributed by atoms with Crippen molar-refractivity contribution in [1.29, 1.82) is 0 Å². The lowest BCUT2D eigenvalue weighted by Gasteiger charge is -2.12. The van der Waals surface area contributed by atoms with Gasteiger partial charge < -0.3 is 5.73 Å². The third kappa shape index (κ3) is 2.13. The fraction of sp³-hybridized carbons (Fsp3) is 0.143. The number of H-pyrrole nitrogens is 1. The van der Waals surface area contributed by atoms with Gasteiger partial charge in [0.1, 0.15) is 0 Å². The van der Waals surface area contributed by atoms with Crippen LogP contribution in [0, 0.1) is 6.92 Å². The lowest BCUT2D eigenvalue weighted by Crippen LogP contribution is -2.36. The highest BCUT2D eigenvalue weighted by atomic mass is 32.1. The molecule has 0 unspecified atom stereocenters. The van der Waals surface area contributed by atoms with E-state index < -0.39 is 0 Å². The summed E-state index contributed by atoms with van der Waals surface area (Å²) < 4.78 is 0. The fourth-order valence-electron chi connectivity index (χ4n) is 0.884. The van der Waals surface area contributed by atoms with Gasteiger partial charge in [-0.05, 0) is 19.1 Å². The van der Waals surface area contributed by atoms with Crippen LogP contribution in [0.25, 0.3) is 0 Å². The third-order valence-electron chi connectivity index (χ3n) is 1.43. The first kappa shape index (κ1) is 10.3. The molecule has 0 fully saturated rings. The molecule has 1 rings (SSSR count). The van der Waals surface area contributed by atoms with Gasteiger partial charge in [0.25, 0.3) is 5.56 Å². The van der Waals surface area contributed by atoms with Crippen LogP contribution in [0.5, 0.6) is 0 Å². The zero-order valence-corrected chi connectivity index (χ0v) is 8.17. The molecule has 0 aromatic carbocycles. The minimum absolute atomic E-state index is 0.0255. The van der Waals surface area contributed by atoms with Gasteiger partial charge in [0.2, 0.25) is 12.4 Å². The quantitative estimate of drug-likeness (QED) is 0.499. The number of thiocarbonyl (C=S) groups is 1. The number of aromatic nitrogens is 2. The SMILES string of the molecule is Cc1cc(=O)[nH]c(N(C=O)C(N)=S)n1. The van der Waals surface area contributed by atoms with E-state index in [1.165, 1.54) is 6.07 Å². The molecule has 1 heterocycles. The van der Waals surface area contributed by atoms with Crippen LogP contribution in [0.4, 0.5) is 5.95 Å². The number of nitrogens with two attached hydrogens (primary N) is 1. The molecule has 1 aromatic heterocycles. The lowest BCUT2D eigenvalue weighted by atomic mass is 10.4. The molecule has 0 spiro atoms. The Bertz CT molecular complexity index is 428. The number of amides is 1. The molecule has 0 saturated heterocycles. The van der Waals surface area contributed by atoms with Crippen molar-refractivity contribution in [3.63, 3.8) is 0 Å². The summed E-state index contributed by atoms with van der Waals surface area (Å²) in [7, 11) is 0. The Kier molecular flexibility index (Phi) is 2.92. The maximum absolute atomic E-state index is 11.0. The first-order valence-corrected chi connectivity index (χ1v) is 4.07. The molecule has 1 aromatic rings. The van der Waals surface area contributed by atoms with Crippen LogP contribution in [0.1, 0.15) is 5.69 Å². The lowest BCUT2D eigenvalue weighted by molar-refractivity contribution is -0.106. The van der Waals surface area contributed by atoms with E-state index in [9.17, 15) is 9.59 Å². The summed E-state index contributed by atoms with van der Waals surface area (Å²) in [6, 6.07) is 1.30. The number of nitrogens with one attached hydrogen (secondary N) is 1. The normalized spacial score (nSPS) is 9.50. The first-order valence-electron chi connectivity index (χ1n) is 3.66. The first-order chi connectivity index (χ1) is 6.54. The van der Waals surface area contributed by atoms with Crippen molar-refractivity contribution >= 4 is 29.7 Å². The Labute approximate surface area is 84.7 Å². The maximum Gasteiger partial charge on any atom is 0.252 e. The molecule has 3 N–H and O–H groups in total. The van der Waals surface area contributed by atoms with Crippen molar-refractivity contribution in [2.24, 2.45) is 5.73 Å². The van der Waals surface area contributed by atoms with Crippen LogP contribution < -0.4 is 16.2 Å². The van der Waals surface area contributed by atoms with Gasteiger partial charge in [-0.3, -0.25) is 14.6 Å². The molecule has 1 amide bonds. The molecular weight excluding hydrogens is 204 g/mol. The van der Waals surface area contributed by atoms with Gasteiger partial charge in [-0.15, -0.1) is 0 Å².